The molecule has 0 aliphatic heterocycles. The molecule has 0 atom stereocenters. The number of aromatic nitrogens is 3. The molecule has 3 aromatic rings. The van der Waals surface area contributed by atoms with Gasteiger partial charge >= 0.3 is 6.18 Å². The van der Waals surface area contributed by atoms with E-state index in [0.29, 0.717) is 21.4 Å². The average Bonchev–Trinajstić information content (AvgIpc) is 2.95. The van der Waals surface area contributed by atoms with Gasteiger partial charge in [0.25, 0.3) is 5.56 Å². The Balaban J connectivity index is 1.58. The summed E-state index contributed by atoms with van der Waals surface area (Å²) in [5.74, 6) is -0.108. The Kier molecular flexibility index (Phi) is 5.51. The third kappa shape index (κ3) is 4.86. The van der Waals surface area contributed by atoms with Gasteiger partial charge in [-0.25, -0.2) is 4.98 Å². The molecule has 6 nitrogen and oxygen atoms in total. The summed E-state index contributed by atoms with van der Waals surface area (Å²) in [7, 11) is 0. The van der Waals surface area contributed by atoms with Gasteiger partial charge < -0.3 is 5.32 Å². The number of nitrogens with one attached hydrogen (secondary N) is 1. The molecule has 0 unspecified atom stereocenters. The van der Waals surface area contributed by atoms with Crippen molar-refractivity contribution in [2.45, 2.75) is 18.9 Å². The Morgan fingerprint density at radius 3 is 2.85 bits per heavy atom. The number of amides is 1. The zero-order valence-electron chi connectivity index (χ0n) is 13.9. The molecule has 0 aliphatic rings. The third-order valence-corrected chi connectivity index (χ3v) is 5.15. The fourth-order valence-electron chi connectivity index (χ4n) is 2.24. The van der Waals surface area contributed by atoms with Crippen LogP contribution in [0, 0.1) is 6.92 Å². The molecule has 1 aromatic carbocycles. The monoisotopic (exact) mass is 414 g/mol. The number of halogens is 3. The van der Waals surface area contributed by atoms with Crippen LogP contribution in [-0.2, 0) is 16.7 Å². The van der Waals surface area contributed by atoms with Crippen LogP contribution in [0.5, 0.6) is 0 Å². The molecule has 0 aliphatic carbocycles. The fraction of sp³-hybridized carbons (Fsp3) is 0.250. The van der Waals surface area contributed by atoms with E-state index in [1.165, 1.54) is 45.8 Å². The van der Waals surface area contributed by atoms with Crippen LogP contribution in [0.25, 0.3) is 4.96 Å². The van der Waals surface area contributed by atoms with Crippen molar-refractivity contribution >= 4 is 39.7 Å². The van der Waals surface area contributed by atoms with Crippen LogP contribution in [0.1, 0.15) is 16.3 Å². The number of thioether (sulfide) groups is 1. The summed E-state index contributed by atoms with van der Waals surface area (Å²) in [6.07, 6.45) is -4.47. The van der Waals surface area contributed by atoms with Gasteiger partial charge in [0.1, 0.15) is 5.01 Å². The van der Waals surface area contributed by atoms with Crippen molar-refractivity contribution in [1.82, 2.24) is 14.6 Å². The molecule has 0 saturated carbocycles. The van der Waals surface area contributed by atoms with Crippen molar-refractivity contribution in [3.8, 4) is 0 Å². The highest BCUT2D eigenvalue weighted by Gasteiger charge is 2.30. The summed E-state index contributed by atoms with van der Waals surface area (Å²) in [5.41, 5.74) is -0.534. The maximum atomic E-state index is 12.7. The molecule has 0 spiro atoms. The molecule has 0 fully saturated rings. The highest BCUT2D eigenvalue weighted by Crippen LogP contribution is 2.30. The number of carbonyl (C=O) groups excluding carboxylic acids is 1. The minimum Gasteiger partial charge on any atom is -0.325 e. The van der Waals surface area contributed by atoms with Crippen molar-refractivity contribution in [3.05, 3.63) is 57.0 Å². The zero-order valence-corrected chi connectivity index (χ0v) is 15.5. The highest BCUT2D eigenvalue weighted by molar-refractivity contribution is 7.99. The first-order valence-corrected chi connectivity index (χ1v) is 9.61. The molecule has 0 saturated heterocycles. The lowest BCUT2D eigenvalue weighted by Crippen LogP contribution is -2.16. The Hall–Kier alpha value is -2.40. The van der Waals surface area contributed by atoms with Crippen LogP contribution < -0.4 is 10.9 Å². The lowest BCUT2D eigenvalue weighted by Gasteiger charge is -2.09. The van der Waals surface area contributed by atoms with E-state index in [2.05, 4.69) is 15.4 Å². The molecule has 142 valence electrons. The number of fused-ring (bicyclic) bond motifs is 1. The van der Waals surface area contributed by atoms with E-state index in [4.69, 9.17) is 0 Å². The summed E-state index contributed by atoms with van der Waals surface area (Å²) in [5, 5.41) is 7.19. The second-order valence-corrected chi connectivity index (χ2v) is 7.67. The number of anilines is 1. The minimum atomic E-state index is -4.47. The molecular formula is C16H13F3N4O2S2. The first-order valence-electron chi connectivity index (χ1n) is 7.63. The maximum Gasteiger partial charge on any atom is 0.416 e. The quantitative estimate of drug-likeness (QED) is 0.693. The minimum absolute atomic E-state index is 0.0129. The van der Waals surface area contributed by atoms with Gasteiger partial charge in [0.2, 0.25) is 10.9 Å². The van der Waals surface area contributed by atoms with Gasteiger partial charge in [0.05, 0.1) is 17.0 Å². The smallest absolute Gasteiger partial charge is 0.325 e. The molecule has 1 N–H and O–H groups in total. The van der Waals surface area contributed by atoms with E-state index in [9.17, 15) is 22.8 Å². The zero-order chi connectivity index (χ0) is 19.6. The molecule has 2 aromatic heterocycles. The highest BCUT2D eigenvalue weighted by atomic mass is 32.2. The van der Waals surface area contributed by atoms with Gasteiger partial charge in [-0.3, -0.25) is 9.59 Å². The first-order chi connectivity index (χ1) is 12.7. The van der Waals surface area contributed by atoms with Gasteiger partial charge in [-0.2, -0.15) is 22.8 Å². The molecule has 0 bridgehead atoms. The van der Waals surface area contributed by atoms with E-state index in [-0.39, 0.29) is 17.0 Å². The number of nitrogens with zero attached hydrogens (tertiary/aromatic N) is 3. The van der Waals surface area contributed by atoms with Crippen molar-refractivity contribution in [1.29, 1.82) is 0 Å². The van der Waals surface area contributed by atoms with Crippen molar-refractivity contribution in [2.24, 2.45) is 0 Å². The van der Waals surface area contributed by atoms with Crippen LogP contribution in [0.3, 0.4) is 0 Å². The molecular weight excluding hydrogens is 401 g/mol. The molecule has 11 heteroatoms. The normalized spacial score (nSPS) is 11.7. The third-order valence-electron chi connectivity index (χ3n) is 3.36. The number of rotatable bonds is 5. The number of carbonyl (C=O) groups is 1. The number of hydrogen-bond acceptors (Lipinski definition) is 6. The lowest BCUT2D eigenvalue weighted by molar-refractivity contribution is -0.137. The molecule has 1 amide bonds. The number of benzene rings is 1. The number of aryl methyl sites for hydroxylation is 1. The Labute approximate surface area is 159 Å². The van der Waals surface area contributed by atoms with E-state index in [0.717, 1.165) is 12.1 Å². The maximum absolute atomic E-state index is 12.7. The molecule has 0 radical (unpaired) electrons. The predicted molar refractivity (Wildman–Crippen MR) is 98.1 cm³/mol. The second kappa shape index (κ2) is 7.69. The Bertz CT molecular complexity index is 1050. The van der Waals surface area contributed by atoms with Gasteiger partial charge in [-0.1, -0.05) is 17.4 Å². The first kappa shape index (κ1) is 19.4. The summed E-state index contributed by atoms with van der Waals surface area (Å²) in [4.78, 5) is 28.7. The number of hydrogen-bond donors (Lipinski definition) is 1. The van der Waals surface area contributed by atoms with Crippen LogP contribution in [-0.4, -0.2) is 26.3 Å². The van der Waals surface area contributed by atoms with Gasteiger partial charge in [0.15, 0.2) is 0 Å². The molecule has 27 heavy (non-hydrogen) atoms. The van der Waals surface area contributed by atoms with Crippen LogP contribution in [0.4, 0.5) is 18.9 Å². The van der Waals surface area contributed by atoms with Crippen molar-refractivity contribution < 1.29 is 18.0 Å². The SMILES string of the molecule is Cc1nn2c(=O)cc(CSCC(=O)Nc3cccc(C(F)(F)F)c3)nc2s1. The summed E-state index contributed by atoms with van der Waals surface area (Å²) >= 11 is 2.49. The van der Waals surface area contributed by atoms with E-state index < -0.39 is 17.6 Å². The predicted octanol–water partition coefficient (Wildman–Crippen LogP) is 3.35. The number of alkyl halides is 3. The largest absolute Gasteiger partial charge is 0.416 e. The Morgan fingerprint density at radius 1 is 1.33 bits per heavy atom. The van der Waals surface area contributed by atoms with Gasteiger partial charge in [-0.05, 0) is 25.1 Å². The molecule has 3 rings (SSSR count). The van der Waals surface area contributed by atoms with E-state index >= 15 is 0 Å². The van der Waals surface area contributed by atoms with E-state index in [1.807, 2.05) is 0 Å². The van der Waals surface area contributed by atoms with Crippen LogP contribution in [0.15, 0.2) is 35.1 Å². The van der Waals surface area contributed by atoms with Gasteiger partial charge in [-0.15, -0.1) is 11.8 Å². The second-order valence-electron chi connectivity index (χ2n) is 5.52. The van der Waals surface area contributed by atoms with Crippen LogP contribution in [0.2, 0.25) is 0 Å². The molecule has 2 heterocycles. The average molecular weight is 414 g/mol. The lowest BCUT2D eigenvalue weighted by atomic mass is 10.2. The topological polar surface area (TPSA) is 76.4 Å². The Morgan fingerprint density at radius 2 is 2.11 bits per heavy atom. The van der Waals surface area contributed by atoms with Gasteiger partial charge in [0, 0.05) is 17.5 Å². The fourth-order valence-corrected chi connectivity index (χ4v) is 3.73. The van der Waals surface area contributed by atoms with Crippen molar-refractivity contribution in [2.75, 3.05) is 11.1 Å². The summed E-state index contributed by atoms with van der Waals surface area (Å²) in [6.45, 7) is 1.77. The van der Waals surface area contributed by atoms with Crippen molar-refractivity contribution in [3.63, 3.8) is 0 Å². The standard InChI is InChI=1S/C16H13F3N4O2S2/c1-9-22-23-14(25)6-12(21-15(23)27-9)7-26-8-13(24)20-11-4-2-3-10(5-11)16(17,18)19/h2-6H,7-8H2,1H3,(H,20,24). The summed E-state index contributed by atoms with van der Waals surface area (Å²) < 4.78 is 39.3. The summed E-state index contributed by atoms with van der Waals surface area (Å²) in [6, 6.07) is 5.79. The van der Waals surface area contributed by atoms with E-state index in [1.54, 1.807) is 6.92 Å². The van der Waals surface area contributed by atoms with Crippen LogP contribution >= 0.6 is 23.1 Å².